The van der Waals surface area contributed by atoms with E-state index in [1.54, 1.807) is 4.68 Å². The molecule has 0 fully saturated rings. The second-order valence-corrected chi connectivity index (χ2v) is 5.69. The molecule has 0 aliphatic heterocycles. The van der Waals surface area contributed by atoms with Crippen molar-refractivity contribution in [2.75, 3.05) is 0 Å². The second kappa shape index (κ2) is 7.72. The molecule has 0 atom stereocenters. The Bertz CT molecular complexity index is 808. The molecule has 1 aromatic carbocycles. The normalized spacial score (nSPS) is 11.0. The van der Waals surface area contributed by atoms with Crippen LogP contribution in [0.3, 0.4) is 0 Å². The average Bonchev–Trinajstić information content (AvgIpc) is 3.21. The predicted molar refractivity (Wildman–Crippen MR) is 89.1 cm³/mol. The molecule has 0 bridgehead atoms. The minimum absolute atomic E-state index is 0.124. The molecule has 0 unspecified atom stereocenters. The first-order valence-corrected chi connectivity index (χ1v) is 8.23. The Hall–Kier alpha value is -2.70. The van der Waals surface area contributed by atoms with E-state index in [0.717, 1.165) is 31.3 Å². The number of hydrogen-bond donors (Lipinski definition) is 1. The Morgan fingerprint density at radius 1 is 1.33 bits per heavy atom. The fraction of sp³-hybridized carbons (Fsp3) is 0.412. The molecule has 0 amide bonds. The number of esters is 1. The van der Waals surface area contributed by atoms with Crippen molar-refractivity contribution < 1.29 is 9.53 Å². The summed E-state index contributed by atoms with van der Waals surface area (Å²) < 4.78 is 6.94. The van der Waals surface area contributed by atoms with Crippen molar-refractivity contribution in [3.8, 4) is 0 Å². The standard InChI is InChI=1S/C17H21N5O2/c1-2-10-22-16(19-20-21-22)12-24-17(23)9-5-6-13-11-18-15-8-4-3-7-14(13)15/h3-4,7-8,11,18H,2,5-6,9-10,12H2,1H3. The van der Waals surface area contributed by atoms with E-state index < -0.39 is 0 Å². The zero-order valence-electron chi connectivity index (χ0n) is 13.7. The van der Waals surface area contributed by atoms with Gasteiger partial charge in [-0.05, 0) is 41.3 Å². The number of aryl methyl sites for hydroxylation is 2. The lowest BCUT2D eigenvalue weighted by atomic mass is 10.1. The van der Waals surface area contributed by atoms with Gasteiger partial charge in [-0.2, -0.15) is 0 Å². The topological polar surface area (TPSA) is 85.7 Å². The van der Waals surface area contributed by atoms with Crippen molar-refractivity contribution in [1.29, 1.82) is 0 Å². The molecule has 7 nitrogen and oxygen atoms in total. The van der Waals surface area contributed by atoms with Crippen LogP contribution in [0, 0.1) is 0 Å². The van der Waals surface area contributed by atoms with Gasteiger partial charge in [0.25, 0.3) is 0 Å². The summed E-state index contributed by atoms with van der Waals surface area (Å²) in [6.07, 6.45) is 4.91. The third-order valence-electron chi connectivity index (χ3n) is 3.91. The molecule has 7 heteroatoms. The number of rotatable bonds is 8. The van der Waals surface area contributed by atoms with E-state index >= 15 is 0 Å². The number of benzene rings is 1. The van der Waals surface area contributed by atoms with Crippen molar-refractivity contribution in [3.63, 3.8) is 0 Å². The molecule has 0 spiro atoms. The Morgan fingerprint density at radius 3 is 3.08 bits per heavy atom. The molecule has 0 aliphatic rings. The van der Waals surface area contributed by atoms with Gasteiger partial charge in [-0.3, -0.25) is 4.79 Å². The summed E-state index contributed by atoms with van der Waals surface area (Å²) in [5.41, 5.74) is 2.35. The number of nitrogens with zero attached hydrogens (tertiary/aromatic N) is 4. The van der Waals surface area contributed by atoms with Crippen molar-refractivity contribution in [3.05, 3.63) is 41.9 Å². The van der Waals surface area contributed by atoms with Crippen LogP contribution in [-0.4, -0.2) is 31.2 Å². The third kappa shape index (κ3) is 3.79. The summed E-state index contributed by atoms with van der Waals surface area (Å²) in [4.78, 5) is 15.1. The number of tetrazole rings is 1. The van der Waals surface area contributed by atoms with Crippen molar-refractivity contribution in [1.82, 2.24) is 25.2 Å². The quantitative estimate of drug-likeness (QED) is 0.643. The van der Waals surface area contributed by atoms with Crippen molar-refractivity contribution in [2.45, 2.75) is 45.8 Å². The number of aromatic amines is 1. The summed E-state index contributed by atoms with van der Waals surface area (Å²) in [6, 6.07) is 8.17. The van der Waals surface area contributed by atoms with E-state index in [1.807, 2.05) is 31.3 Å². The number of hydrogen-bond acceptors (Lipinski definition) is 5. The fourth-order valence-corrected chi connectivity index (χ4v) is 2.69. The Balaban J connectivity index is 1.45. The highest BCUT2D eigenvalue weighted by molar-refractivity contribution is 5.83. The van der Waals surface area contributed by atoms with Crippen LogP contribution < -0.4 is 0 Å². The van der Waals surface area contributed by atoms with Crippen molar-refractivity contribution >= 4 is 16.9 Å². The summed E-state index contributed by atoms with van der Waals surface area (Å²) in [5.74, 6) is 0.364. The monoisotopic (exact) mass is 327 g/mol. The number of para-hydroxylation sites is 1. The first-order valence-electron chi connectivity index (χ1n) is 8.23. The highest BCUT2D eigenvalue weighted by Crippen LogP contribution is 2.19. The lowest BCUT2D eigenvalue weighted by Gasteiger charge is -2.05. The van der Waals surface area contributed by atoms with Gasteiger partial charge >= 0.3 is 5.97 Å². The Kier molecular flexibility index (Phi) is 5.20. The minimum atomic E-state index is -0.221. The molecule has 3 rings (SSSR count). The maximum absolute atomic E-state index is 11.9. The van der Waals surface area contributed by atoms with E-state index in [9.17, 15) is 4.79 Å². The number of aromatic nitrogens is 5. The van der Waals surface area contributed by atoms with Gasteiger partial charge in [0.05, 0.1) is 0 Å². The average molecular weight is 327 g/mol. The molecule has 0 saturated carbocycles. The van der Waals surface area contributed by atoms with Gasteiger partial charge < -0.3 is 9.72 Å². The lowest BCUT2D eigenvalue weighted by molar-refractivity contribution is -0.145. The lowest BCUT2D eigenvalue weighted by Crippen LogP contribution is -2.10. The molecule has 2 heterocycles. The first-order chi connectivity index (χ1) is 11.8. The Morgan fingerprint density at radius 2 is 2.21 bits per heavy atom. The predicted octanol–water partition coefficient (Wildman–Crippen LogP) is 2.63. The highest BCUT2D eigenvalue weighted by atomic mass is 16.5. The van der Waals surface area contributed by atoms with Crippen molar-refractivity contribution in [2.24, 2.45) is 0 Å². The van der Waals surface area contributed by atoms with E-state index in [4.69, 9.17) is 4.74 Å². The van der Waals surface area contributed by atoms with Crippen LogP contribution in [0.25, 0.3) is 10.9 Å². The first kappa shape index (κ1) is 16.2. The molecule has 0 saturated heterocycles. The van der Waals surface area contributed by atoms with Gasteiger partial charge in [0.1, 0.15) is 0 Å². The summed E-state index contributed by atoms with van der Waals surface area (Å²) in [7, 11) is 0. The minimum Gasteiger partial charge on any atom is -0.457 e. The van der Waals surface area contributed by atoms with Gasteiger partial charge in [0, 0.05) is 30.1 Å². The molecule has 1 N–H and O–H groups in total. The largest absolute Gasteiger partial charge is 0.457 e. The zero-order valence-corrected chi connectivity index (χ0v) is 13.7. The zero-order chi connectivity index (χ0) is 16.8. The number of H-pyrrole nitrogens is 1. The molecular weight excluding hydrogens is 306 g/mol. The van der Waals surface area contributed by atoms with Gasteiger partial charge in [-0.15, -0.1) is 5.10 Å². The van der Waals surface area contributed by atoms with Gasteiger partial charge in [0.2, 0.25) is 0 Å². The smallest absolute Gasteiger partial charge is 0.306 e. The summed E-state index contributed by atoms with van der Waals surface area (Å²) in [6.45, 7) is 2.89. The second-order valence-electron chi connectivity index (χ2n) is 5.69. The number of nitrogens with one attached hydrogen (secondary N) is 1. The molecule has 3 aromatic rings. The molecule has 126 valence electrons. The molecule has 24 heavy (non-hydrogen) atoms. The number of fused-ring (bicyclic) bond motifs is 1. The van der Waals surface area contributed by atoms with Crippen LogP contribution in [0.2, 0.25) is 0 Å². The van der Waals surface area contributed by atoms with E-state index in [-0.39, 0.29) is 12.6 Å². The SMILES string of the molecule is CCCn1nnnc1COC(=O)CCCc1c[nH]c2ccccc12. The number of carbonyl (C=O) groups excluding carboxylic acids is 1. The molecule has 0 aliphatic carbocycles. The van der Waals surface area contributed by atoms with Crippen LogP contribution in [0.15, 0.2) is 30.5 Å². The van der Waals surface area contributed by atoms with Crippen LogP contribution in [-0.2, 0) is 29.1 Å². The molecule has 2 aromatic heterocycles. The maximum Gasteiger partial charge on any atom is 0.306 e. The van der Waals surface area contributed by atoms with Crippen LogP contribution in [0.4, 0.5) is 0 Å². The van der Waals surface area contributed by atoms with Gasteiger partial charge in [-0.25, -0.2) is 4.68 Å². The molecule has 0 radical (unpaired) electrons. The summed E-state index contributed by atoms with van der Waals surface area (Å²) >= 11 is 0. The summed E-state index contributed by atoms with van der Waals surface area (Å²) in [5, 5.41) is 12.6. The maximum atomic E-state index is 11.9. The van der Waals surface area contributed by atoms with E-state index in [1.165, 1.54) is 10.9 Å². The van der Waals surface area contributed by atoms with Crippen LogP contribution in [0.5, 0.6) is 0 Å². The van der Waals surface area contributed by atoms with Crippen LogP contribution >= 0.6 is 0 Å². The van der Waals surface area contributed by atoms with Gasteiger partial charge in [-0.1, -0.05) is 25.1 Å². The molecular formula is C17H21N5O2. The Labute approximate surface area is 140 Å². The number of ether oxygens (including phenoxy) is 1. The van der Waals surface area contributed by atoms with E-state index in [0.29, 0.717) is 12.2 Å². The van der Waals surface area contributed by atoms with E-state index in [2.05, 4.69) is 26.6 Å². The highest BCUT2D eigenvalue weighted by Gasteiger charge is 2.10. The third-order valence-corrected chi connectivity index (χ3v) is 3.91. The number of carbonyl (C=O) groups is 1. The fourth-order valence-electron chi connectivity index (χ4n) is 2.69. The van der Waals surface area contributed by atoms with Gasteiger partial charge in [0.15, 0.2) is 12.4 Å². The van der Waals surface area contributed by atoms with Crippen LogP contribution in [0.1, 0.15) is 37.6 Å².